The average Bonchev–Trinajstić information content (AvgIpc) is 2.63. The molecule has 0 fully saturated rings. The van der Waals surface area contributed by atoms with Crippen molar-refractivity contribution in [3.8, 4) is 0 Å². The van der Waals surface area contributed by atoms with Crippen LogP contribution in [0.1, 0.15) is 130 Å². The fraction of sp³-hybridized carbons (Fsp3) is 1.00. The molecule has 26 heavy (non-hydrogen) atoms. The lowest BCUT2D eigenvalue weighted by atomic mass is 10.1. The molecule has 2 heteroatoms. The predicted octanol–water partition coefficient (Wildman–Crippen LogP) is 5.13. The smallest absolute Gasteiger partial charge is 0.0786 e. The van der Waals surface area contributed by atoms with Gasteiger partial charge in [0, 0.05) is 0 Å². The van der Waals surface area contributed by atoms with Crippen LogP contribution in [0.25, 0.3) is 0 Å². The van der Waals surface area contributed by atoms with Gasteiger partial charge in [0.05, 0.1) is 26.2 Å². The van der Waals surface area contributed by atoms with E-state index in [1.807, 2.05) is 0 Å². The van der Waals surface area contributed by atoms with Crippen molar-refractivity contribution in [3.63, 3.8) is 0 Å². The first kappa shape index (κ1) is 28.6. The monoisotopic (exact) mass is 433 g/mol. The van der Waals surface area contributed by atoms with Crippen LogP contribution in [0.4, 0.5) is 0 Å². The predicted molar refractivity (Wildman–Crippen MR) is 116 cm³/mol. The number of quaternary nitrogens is 1. The molecule has 0 spiro atoms. The van der Waals surface area contributed by atoms with Crippen molar-refractivity contribution in [2.45, 2.75) is 130 Å². The van der Waals surface area contributed by atoms with E-state index >= 15 is 0 Å². The molecule has 0 rings (SSSR count). The maximum atomic E-state index is 2.34. The van der Waals surface area contributed by atoms with Gasteiger partial charge in [0.2, 0.25) is 0 Å². The second-order valence-electron chi connectivity index (χ2n) is 8.48. The van der Waals surface area contributed by atoms with Crippen molar-refractivity contribution < 1.29 is 21.5 Å². The molecule has 0 bridgehead atoms. The molecular weight excluding hydrogens is 382 g/mol. The summed E-state index contributed by atoms with van der Waals surface area (Å²) in [6.07, 6.45) is 22.8. The second kappa shape index (κ2) is 21.7. The zero-order chi connectivity index (χ0) is 18.6. The first-order valence-electron chi connectivity index (χ1n) is 12.1. The minimum Gasteiger partial charge on any atom is -1.00 e. The van der Waals surface area contributed by atoms with Gasteiger partial charge in [-0.15, -0.1) is 0 Å². The van der Waals surface area contributed by atoms with Crippen molar-refractivity contribution in [3.05, 3.63) is 0 Å². The van der Waals surface area contributed by atoms with Gasteiger partial charge in [-0.1, -0.05) is 79.1 Å². The highest BCUT2D eigenvalue weighted by atomic mass is 79.9. The first-order valence-corrected chi connectivity index (χ1v) is 12.1. The summed E-state index contributed by atoms with van der Waals surface area (Å²) in [5.41, 5.74) is 0. The number of hydrogen-bond acceptors (Lipinski definition) is 0. The normalized spacial score (nSPS) is 11.5. The molecule has 0 aliphatic carbocycles. The van der Waals surface area contributed by atoms with E-state index in [9.17, 15) is 0 Å². The third-order valence-corrected chi connectivity index (χ3v) is 5.94. The van der Waals surface area contributed by atoms with Gasteiger partial charge in [-0.05, 0) is 51.4 Å². The quantitative estimate of drug-likeness (QED) is 0.184. The highest BCUT2D eigenvalue weighted by Crippen LogP contribution is 2.19. The number of halogens is 1. The molecule has 160 valence electrons. The molecule has 0 saturated carbocycles. The molecule has 1 nitrogen and oxygen atoms in total. The molecule has 0 aliphatic heterocycles. The first-order chi connectivity index (χ1) is 12.2. The molecular formula is C24H52BrN. The van der Waals surface area contributed by atoms with Crippen LogP contribution < -0.4 is 17.0 Å². The summed E-state index contributed by atoms with van der Waals surface area (Å²) in [6.45, 7) is 15.2. The number of nitrogens with zero attached hydrogens (tertiary/aromatic N) is 1. The molecule has 0 aliphatic rings. The second-order valence-corrected chi connectivity index (χ2v) is 8.48. The summed E-state index contributed by atoms with van der Waals surface area (Å²) in [6, 6.07) is 0. The van der Waals surface area contributed by atoms with Crippen LogP contribution in [0.3, 0.4) is 0 Å². The van der Waals surface area contributed by atoms with E-state index in [4.69, 9.17) is 0 Å². The zero-order valence-electron chi connectivity index (χ0n) is 19.0. The Morgan fingerprint density at radius 3 is 0.769 bits per heavy atom. The van der Waals surface area contributed by atoms with Crippen LogP contribution in [-0.4, -0.2) is 30.7 Å². The average molecular weight is 435 g/mol. The molecule has 0 amide bonds. The van der Waals surface area contributed by atoms with Gasteiger partial charge in [0.25, 0.3) is 0 Å². The third kappa shape index (κ3) is 16.6. The van der Waals surface area contributed by atoms with Gasteiger partial charge < -0.3 is 21.5 Å². The van der Waals surface area contributed by atoms with Crippen molar-refractivity contribution in [2.75, 3.05) is 26.2 Å². The Kier molecular flexibility index (Phi) is 24.0. The van der Waals surface area contributed by atoms with Crippen molar-refractivity contribution in [1.82, 2.24) is 0 Å². The molecule has 0 unspecified atom stereocenters. The SMILES string of the molecule is CCCCCC[N+](CCCCCC)(CCCCCC)CCCCCC.[Br-]. The summed E-state index contributed by atoms with van der Waals surface area (Å²) in [5.74, 6) is 0. The topological polar surface area (TPSA) is 0 Å². The van der Waals surface area contributed by atoms with E-state index in [1.54, 1.807) is 0 Å². The lowest BCUT2D eigenvalue weighted by Crippen LogP contribution is -3.00. The Bertz CT molecular complexity index is 201. The van der Waals surface area contributed by atoms with Crippen LogP contribution in [0.2, 0.25) is 0 Å². The van der Waals surface area contributed by atoms with E-state index in [0.29, 0.717) is 0 Å². The summed E-state index contributed by atoms with van der Waals surface area (Å²) >= 11 is 0. The van der Waals surface area contributed by atoms with Crippen LogP contribution in [-0.2, 0) is 0 Å². The molecule has 0 N–H and O–H groups in total. The van der Waals surface area contributed by atoms with Crippen molar-refractivity contribution in [1.29, 1.82) is 0 Å². The Morgan fingerprint density at radius 1 is 0.346 bits per heavy atom. The van der Waals surface area contributed by atoms with Gasteiger partial charge in [-0.3, -0.25) is 0 Å². The highest BCUT2D eigenvalue weighted by Gasteiger charge is 2.25. The number of rotatable bonds is 20. The fourth-order valence-corrected chi connectivity index (χ4v) is 4.17. The maximum absolute atomic E-state index is 2.34. The van der Waals surface area contributed by atoms with Crippen LogP contribution >= 0.6 is 0 Å². The van der Waals surface area contributed by atoms with Gasteiger partial charge >= 0.3 is 0 Å². The Labute approximate surface area is 178 Å². The van der Waals surface area contributed by atoms with Crippen LogP contribution in [0, 0.1) is 0 Å². The lowest BCUT2D eigenvalue weighted by Gasteiger charge is -2.39. The zero-order valence-corrected chi connectivity index (χ0v) is 20.6. The third-order valence-electron chi connectivity index (χ3n) is 5.94. The molecule has 0 atom stereocenters. The Morgan fingerprint density at radius 2 is 0.577 bits per heavy atom. The van der Waals surface area contributed by atoms with Gasteiger partial charge in [-0.25, -0.2) is 0 Å². The minimum atomic E-state index is 0. The van der Waals surface area contributed by atoms with Gasteiger partial charge in [0.1, 0.15) is 0 Å². The minimum absolute atomic E-state index is 0. The molecule has 0 radical (unpaired) electrons. The van der Waals surface area contributed by atoms with E-state index in [-0.39, 0.29) is 17.0 Å². The molecule has 0 saturated heterocycles. The molecule has 0 aromatic rings. The summed E-state index contributed by atoms with van der Waals surface area (Å²) in [5, 5.41) is 0. The van der Waals surface area contributed by atoms with E-state index in [2.05, 4.69) is 27.7 Å². The van der Waals surface area contributed by atoms with Crippen LogP contribution in [0.5, 0.6) is 0 Å². The molecule has 0 heterocycles. The lowest BCUT2D eigenvalue weighted by molar-refractivity contribution is -0.929. The van der Waals surface area contributed by atoms with Crippen molar-refractivity contribution in [2.24, 2.45) is 0 Å². The Hall–Kier alpha value is 0.440. The van der Waals surface area contributed by atoms with E-state index < -0.39 is 0 Å². The summed E-state index contributed by atoms with van der Waals surface area (Å²) in [7, 11) is 0. The summed E-state index contributed by atoms with van der Waals surface area (Å²) in [4.78, 5) is 0. The number of hydrogen-bond donors (Lipinski definition) is 0. The highest BCUT2D eigenvalue weighted by molar-refractivity contribution is 4.53. The number of unbranched alkanes of at least 4 members (excludes halogenated alkanes) is 12. The fourth-order valence-electron chi connectivity index (χ4n) is 4.17. The van der Waals surface area contributed by atoms with Gasteiger partial charge in [-0.2, -0.15) is 0 Å². The van der Waals surface area contributed by atoms with Crippen LogP contribution in [0.15, 0.2) is 0 Å². The van der Waals surface area contributed by atoms with Gasteiger partial charge in [0.15, 0.2) is 0 Å². The molecule has 0 aromatic carbocycles. The largest absolute Gasteiger partial charge is 1.00 e. The van der Waals surface area contributed by atoms with E-state index in [0.717, 1.165) is 0 Å². The Balaban J connectivity index is 0. The van der Waals surface area contributed by atoms with E-state index in [1.165, 1.54) is 133 Å². The maximum Gasteiger partial charge on any atom is 0.0786 e. The molecule has 0 aromatic heterocycles. The summed E-state index contributed by atoms with van der Waals surface area (Å²) < 4.78 is 1.46. The van der Waals surface area contributed by atoms with Crippen molar-refractivity contribution >= 4 is 0 Å². The standard InChI is InChI=1S/C24H52N.BrH/c1-5-9-13-17-21-25(22-18-14-10-6-2,23-19-15-11-7-3)24-20-16-12-8-4;/h5-24H2,1-4H3;1H/q+1;/p-1.